The summed E-state index contributed by atoms with van der Waals surface area (Å²) in [6.45, 7) is 3.96. The van der Waals surface area contributed by atoms with Gasteiger partial charge in [0, 0.05) is 38.9 Å². The van der Waals surface area contributed by atoms with Crippen molar-refractivity contribution in [1.29, 1.82) is 0 Å². The highest BCUT2D eigenvalue weighted by molar-refractivity contribution is 6.29. The molecule has 0 aliphatic carbocycles. The Labute approximate surface area is 99.9 Å². The standard InChI is InChI=1S/C11H15ClN2O2/c1-2-16-11(4-7-15-8-5-11)10-13-6-3-9(12)14-10/h3,6H,2,4-5,7-8H2,1H3. The summed E-state index contributed by atoms with van der Waals surface area (Å²) in [4.78, 5) is 8.54. The summed E-state index contributed by atoms with van der Waals surface area (Å²) in [5.74, 6) is 0.671. The molecule has 88 valence electrons. The first-order valence-corrected chi connectivity index (χ1v) is 5.85. The molecule has 2 heterocycles. The summed E-state index contributed by atoms with van der Waals surface area (Å²) >= 11 is 5.89. The molecule has 0 spiro atoms. The lowest BCUT2D eigenvalue weighted by Crippen LogP contribution is -2.38. The summed E-state index contributed by atoms with van der Waals surface area (Å²) in [6.07, 6.45) is 3.23. The lowest BCUT2D eigenvalue weighted by atomic mass is 9.93. The fourth-order valence-corrected chi connectivity index (χ4v) is 2.10. The first-order chi connectivity index (χ1) is 7.77. The largest absolute Gasteiger partial charge is 0.381 e. The number of rotatable bonds is 3. The minimum absolute atomic E-state index is 0.419. The minimum Gasteiger partial charge on any atom is -0.381 e. The molecule has 0 atom stereocenters. The number of ether oxygens (including phenoxy) is 2. The maximum Gasteiger partial charge on any atom is 0.162 e. The van der Waals surface area contributed by atoms with Gasteiger partial charge in [-0.1, -0.05) is 11.6 Å². The molecule has 0 aromatic carbocycles. The maximum atomic E-state index is 5.89. The molecule has 0 saturated carbocycles. The third kappa shape index (κ3) is 2.34. The second-order valence-corrected chi connectivity index (χ2v) is 4.13. The molecule has 1 aromatic rings. The molecular formula is C11H15ClN2O2. The maximum absolute atomic E-state index is 5.89. The quantitative estimate of drug-likeness (QED) is 0.762. The Hall–Kier alpha value is -0.710. The first-order valence-electron chi connectivity index (χ1n) is 5.47. The second-order valence-electron chi connectivity index (χ2n) is 3.74. The molecule has 2 rings (SSSR count). The van der Waals surface area contributed by atoms with Crippen molar-refractivity contribution in [2.75, 3.05) is 19.8 Å². The third-order valence-corrected chi connectivity index (χ3v) is 2.96. The van der Waals surface area contributed by atoms with Gasteiger partial charge in [0.25, 0.3) is 0 Å². The molecule has 0 N–H and O–H groups in total. The van der Waals surface area contributed by atoms with Crippen LogP contribution in [0.15, 0.2) is 12.3 Å². The van der Waals surface area contributed by atoms with Gasteiger partial charge in [0.15, 0.2) is 5.82 Å². The van der Waals surface area contributed by atoms with Gasteiger partial charge in [0.2, 0.25) is 0 Å². The summed E-state index contributed by atoms with van der Waals surface area (Å²) in [5.41, 5.74) is -0.419. The van der Waals surface area contributed by atoms with Crippen molar-refractivity contribution in [3.8, 4) is 0 Å². The highest BCUT2D eigenvalue weighted by atomic mass is 35.5. The van der Waals surface area contributed by atoms with Crippen molar-refractivity contribution < 1.29 is 9.47 Å². The van der Waals surface area contributed by atoms with E-state index >= 15 is 0 Å². The Kier molecular flexibility index (Phi) is 3.74. The number of nitrogens with zero attached hydrogens (tertiary/aromatic N) is 2. The van der Waals surface area contributed by atoms with Gasteiger partial charge in [-0.15, -0.1) is 0 Å². The van der Waals surface area contributed by atoms with Crippen molar-refractivity contribution in [1.82, 2.24) is 9.97 Å². The molecule has 1 aromatic heterocycles. The van der Waals surface area contributed by atoms with Crippen LogP contribution in [0.25, 0.3) is 0 Å². The van der Waals surface area contributed by atoms with E-state index in [2.05, 4.69) is 9.97 Å². The van der Waals surface area contributed by atoms with Crippen molar-refractivity contribution in [2.24, 2.45) is 0 Å². The van der Waals surface area contributed by atoms with Gasteiger partial charge in [-0.2, -0.15) is 0 Å². The summed E-state index contributed by atoms with van der Waals surface area (Å²) in [5, 5.41) is 0.454. The van der Waals surface area contributed by atoms with Gasteiger partial charge in [-0.25, -0.2) is 9.97 Å². The van der Waals surface area contributed by atoms with E-state index in [0.29, 0.717) is 30.8 Å². The fourth-order valence-electron chi connectivity index (χ4n) is 1.97. The summed E-state index contributed by atoms with van der Waals surface area (Å²) in [7, 11) is 0. The average molecular weight is 243 g/mol. The van der Waals surface area contributed by atoms with Gasteiger partial charge >= 0.3 is 0 Å². The summed E-state index contributed by atoms with van der Waals surface area (Å²) < 4.78 is 11.2. The highest BCUT2D eigenvalue weighted by Gasteiger charge is 2.38. The Morgan fingerprint density at radius 3 is 2.88 bits per heavy atom. The van der Waals surface area contributed by atoms with E-state index in [1.807, 2.05) is 6.92 Å². The second kappa shape index (κ2) is 5.08. The van der Waals surface area contributed by atoms with Crippen LogP contribution in [0.2, 0.25) is 5.15 Å². The molecule has 1 fully saturated rings. The van der Waals surface area contributed by atoms with Crippen LogP contribution in [-0.2, 0) is 15.1 Å². The topological polar surface area (TPSA) is 44.2 Å². The smallest absolute Gasteiger partial charge is 0.162 e. The Morgan fingerprint density at radius 2 is 2.25 bits per heavy atom. The molecule has 1 aliphatic heterocycles. The van der Waals surface area contributed by atoms with Crippen LogP contribution < -0.4 is 0 Å². The van der Waals surface area contributed by atoms with Crippen LogP contribution in [0.5, 0.6) is 0 Å². The molecule has 16 heavy (non-hydrogen) atoms. The Balaban J connectivity index is 2.30. The van der Waals surface area contributed by atoms with E-state index in [1.165, 1.54) is 0 Å². The van der Waals surface area contributed by atoms with Gasteiger partial charge in [-0.3, -0.25) is 0 Å². The third-order valence-electron chi connectivity index (χ3n) is 2.75. The molecule has 1 saturated heterocycles. The average Bonchev–Trinajstić information content (AvgIpc) is 2.31. The van der Waals surface area contributed by atoms with Crippen LogP contribution in [0.1, 0.15) is 25.6 Å². The van der Waals surface area contributed by atoms with Crippen molar-refractivity contribution in [3.05, 3.63) is 23.2 Å². The predicted molar refractivity (Wildman–Crippen MR) is 60.4 cm³/mol. The van der Waals surface area contributed by atoms with Crippen LogP contribution in [0.3, 0.4) is 0 Å². The molecule has 4 nitrogen and oxygen atoms in total. The zero-order valence-electron chi connectivity index (χ0n) is 9.28. The molecule has 1 aliphatic rings. The van der Waals surface area contributed by atoms with Crippen LogP contribution in [-0.4, -0.2) is 29.8 Å². The van der Waals surface area contributed by atoms with E-state index in [-0.39, 0.29) is 0 Å². The van der Waals surface area contributed by atoms with E-state index < -0.39 is 5.60 Å². The Morgan fingerprint density at radius 1 is 1.50 bits per heavy atom. The lowest BCUT2D eigenvalue weighted by molar-refractivity contribution is -0.117. The number of hydrogen-bond acceptors (Lipinski definition) is 4. The van der Waals surface area contributed by atoms with Crippen LogP contribution in [0.4, 0.5) is 0 Å². The lowest BCUT2D eigenvalue weighted by Gasteiger charge is -2.35. The van der Waals surface area contributed by atoms with Gasteiger partial charge < -0.3 is 9.47 Å². The number of aromatic nitrogens is 2. The van der Waals surface area contributed by atoms with E-state index in [4.69, 9.17) is 21.1 Å². The highest BCUT2D eigenvalue weighted by Crippen LogP contribution is 2.34. The van der Waals surface area contributed by atoms with Gasteiger partial charge in [-0.05, 0) is 13.0 Å². The molecule has 0 amide bonds. The van der Waals surface area contributed by atoms with Crippen LogP contribution in [0, 0.1) is 0 Å². The monoisotopic (exact) mass is 242 g/mol. The van der Waals surface area contributed by atoms with E-state index in [1.54, 1.807) is 12.3 Å². The fraction of sp³-hybridized carbons (Fsp3) is 0.636. The predicted octanol–water partition coefficient (Wildman–Crippen LogP) is 2.17. The van der Waals surface area contributed by atoms with Crippen molar-refractivity contribution >= 4 is 11.6 Å². The Bertz CT molecular complexity index is 348. The normalized spacial score (nSPS) is 19.6. The molecule has 0 radical (unpaired) electrons. The minimum atomic E-state index is -0.419. The van der Waals surface area contributed by atoms with Gasteiger partial charge in [0.05, 0.1) is 0 Å². The molecule has 0 bridgehead atoms. The SMILES string of the molecule is CCOC1(c2nccc(Cl)n2)CCOCC1. The zero-order chi connectivity index (χ0) is 11.4. The number of hydrogen-bond donors (Lipinski definition) is 0. The van der Waals surface area contributed by atoms with Gasteiger partial charge in [0.1, 0.15) is 10.8 Å². The number of halogens is 1. The van der Waals surface area contributed by atoms with Crippen molar-refractivity contribution in [3.63, 3.8) is 0 Å². The van der Waals surface area contributed by atoms with Crippen molar-refractivity contribution in [2.45, 2.75) is 25.4 Å². The summed E-state index contributed by atoms with van der Waals surface area (Å²) in [6, 6.07) is 1.67. The first kappa shape index (κ1) is 11.8. The zero-order valence-corrected chi connectivity index (χ0v) is 10.0. The van der Waals surface area contributed by atoms with E-state index in [0.717, 1.165) is 12.8 Å². The molecule has 5 heteroatoms. The molecule has 0 unspecified atom stereocenters. The molecular weight excluding hydrogens is 228 g/mol. The van der Waals surface area contributed by atoms with E-state index in [9.17, 15) is 0 Å². The van der Waals surface area contributed by atoms with Crippen LogP contribution >= 0.6 is 11.6 Å².